The van der Waals surface area contributed by atoms with Gasteiger partial charge in [0, 0.05) is 23.4 Å². The first-order chi connectivity index (χ1) is 14.5. The maximum absolute atomic E-state index is 12.9. The minimum absolute atomic E-state index is 0.0345. The lowest BCUT2D eigenvalue weighted by atomic mass is 9.86. The van der Waals surface area contributed by atoms with E-state index in [4.69, 9.17) is 0 Å². The molecule has 1 amide bonds. The smallest absolute Gasteiger partial charge is 0.278 e. The van der Waals surface area contributed by atoms with Crippen LogP contribution in [-0.2, 0) is 15.3 Å². The van der Waals surface area contributed by atoms with Crippen LogP contribution in [0, 0.1) is 0 Å². The van der Waals surface area contributed by atoms with E-state index in [9.17, 15) is 13.2 Å². The van der Waals surface area contributed by atoms with Gasteiger partial charge in [0.25, 0.3) is 5.91 Å². The van der Waals surface area contributed by atoms with Gasteiger partial charge in [-0.15, -0.1) is 11.3 Å². The summed E-state index contributed by atoms with van der Waals surface area (Å²) in [5.74, 6) is -0.511. The molecule has 4 rings (SSSR count). The number of nitrogens with zero attached hydrogens (tertiary/aromatic N) is 3. The molecular weight excluding hydrogens is 432 g/mol. The molecule has 0 spiro atoms. The second-order valence-electron chi connectivity index (χ2n) is 8.29. The molecule has 160 valence electrons. The number of benzene rings is 1. The van der Waals surface area contributed by atoms with Crippen molar-refractivity contribution in [2.24, 2.45) is 0 Å². The van der Waals surface area contributed by atoms with E-state index in [1.807, 2.05) is 17.5 Å². The SMILES string of the molecule is CC(C)(C)c1ccc(-c2csc(NC(=O)c3nc(S(C)(=O)=O)n4ccccc34)n2)cc1. The van der Waals surface area contributed by atoms with Crippen LogP contribution in [0.25, 0.3) is 16.8 Å². The molecule has 0 fully saturated rings. The topological polar surface area (TPSA) is 93.4 Å². The molecule has 0 radical (unpaired) electrons. The summed E-state index contributed by atoms with van der Waals surface area (Å²) in [5.41, 5.74) is 3.46. The van der Waals surface area contributed by atoms with Crippen LogP contribution < -0.4 is 5.32 Å². The molecule has 0 aliphatic heterocycles. The van der Waals surface area contributed by atoms with E-state index in [1.165, 1.54) is 21.3 Å². The largest absolute Gasteiger partial charge is 0.296 e. The number of sulfone groups is 1. The zero-order chi connectivity index (χ0) is 22.4. The Bertz CT molecular complexity index is 1380. The number of rotatable bonds is 4. The number of carbonyl (C=O) groups excluding carboxylic acids is 1. The number of aromatic nitrogens is 3. The minimum atomic E-state index is -3.60. The Morgan fingerprint density at radius 2 is 1.77 bits per heavy atom. The van der Waals surface area contributed by atoms with E-state index < -0.39 is 15.7 Å². The van der Waals surface area contributed by atoms with E-state index in [-0.39, 0.29) is 16.3 Å². The maximum atomic E-state index is 12.9. The molecule has 9 heteroatoms. The highest BCUT2D eigenvalue weighted by Crippen LogP contribution is 2.29. The van der Waals surface area contributed by atoms with Gasteiger partial charge in [-0.1, -0.05) is 51.1 Å². The van der Waals surface area contributed by atoms with Gasteiger partial charge in [-0.05, 0) is 23.1 Å². The van der Waals surface area contributed by atoms with Crippen LogP contribution in [0.4, 0.5) is 5.13 Å². The molecule has 1 aromatic carbocycles. The number of carbonyl (C=O) groups is 1. The zero-order valence-corrected chi connectivity index (χ0v) is 19.2. The van der Waals surface area contributed by atoms with Crippen LogP contribution in [0.2, 0.25) is 0 Å². The van der Waals surface area contributed by atoms with Gasteiger partial charge in [0.15, 0.2) is 10.8 Å². The number of nitrogens with one attached hydrogen (secondary N) is 1. The van der Waals surface area contributed by atoms with Gasteiger partial charge in [0.2, 0.25) is 15.0 Å². The number of thiazole rings is 1. The number of fused-ring (bicyclic) bond motifs is 1. The third-order valence-electron chi connectivity index (χ3n) is 4.83. The third kappa shape index (κ3) is 4.24. The quantitative estimate of drug-likeness (QED) is 0.493. The molecule has 0 aliphatic rings. The van der Waals surface area contributed by atoms with Crippen molar-refractivity contribution in [1.29, 1.82) is 0 Å². The molecule has 0 saturated heterocycles. The highest BCUT2D eigenvalue weighted by atomic mass is 32.2. The van der Waals surface area contributed by atoms with Crippen LogP contribution in [0.5, 0.6) is 0 Å². The molecule has 0 bridgehead atoms. The van der Waals surface area contributed by atoms with Gasteiger partial charge < -0.3 is 0 Å². The summed E-state index contributed by atoms with van der Waals surface area (Å²) in [5, 5.41) is 4.85. The number of amides is 1. The summed E-state index contributed by atoms with van der Waals surface area (Å²) in [7, 11) is -3.60. The van der Waals surface area contributed by atoms with Gasteiger partial charge in [0.1, 0.15) is 0 Å². The highest BCUT2D eigenvalue weighted by molar-refractivity contribution is 7.90. The average Bonchev–Trinajstić information content (AvgIpc) is 3.32. The van der Waals surface area contributed by atoms with Crippen molar-refractivity contribution in [1.82, 2.24) is 14.4 Å². The first kappa shape index (κ1) is 21.2. The van der Waals surface area contributed by atoms with Crippen molar-refractivity contribution in [2.75, 3.05) is 11.6 Å². The lowest BCUT2D eigenvalue weighted by Gasteiger charge is -2.18. The molecular formula is C22H22N4O3S2. The number of hydrogen-bond donors (Lipinski definition) is 1. The molecule has 7 nitrogen and oxygen atoms in total. The Morgan fingerprint density at radius 1 is 1.06 bits per heavy atom. The molecule has 1 N–H and O–H groups in total. The van der Waals surface area contributed by atoms with E-state index in [2.05, 4.69) is 48.2 Å². The lowest BCUT2D eigenvalue weighted by molar-refractivity contribution is 0.102. The van der Waals surface area contributed by atoms with Crippen LogP contribution in [0.3, 0.4) is 0 Å². The molecule has 0 saturated carbocycles. The van der Waals surface area contributed by atoms with Crippen molar-refractivity contribution in [3.05, 3.63) is 65.3 Å². The van der Waals surface area contributed by atoms with Crippen molar-refractivity contribution >= 4 is 37.7 Å². The van der Waals surface area contributed by atoms with Crippen LogP contribution >= 0.6 is 11.3 Å². The lowest BCUT2D eigenvalue weighted by Crippen LogP contribution is -2.13. The van der Waals surface area contributed by atoms with E-state index in [0.717, 1.165) is 17.5 Å². The number of imidazole rings is 1. The van der Waals surface area contributed by atoms with Crippen LogP contribution in [0.15, 0.2) is 59.2 Å². The normalized spacial score (nSPS) is 12.3. The Labute approximate surface area is 184 Å². The predicted octanol–water partition coefficient (Wildman–Crippen LogP) is 4.41. The fourth-order valence-corrected chi connectivity index (χ4v) is 4.69. The molecule has 0 unspecified atom stereocenters. The zero-order valence-electron chi connectivity index (χ0n) is 17.6. The van der Waals surface area contributed by atoms with Crippen LogP contribution in [-0.4, -0.2) is 34.9 Å². The Kier molecular flexibility index (Phi) is 5.18. The predicted molar refractivity (Wildman–Crippen MR) is 123 cm³/mol. The number of hydrogen-bond acceptors (Lipinski definition) is 6. The second-order valence-corrected chi connectivity index (χ2v) is 11.1. The Balaban J connectivity index is 1.60. The first-order valence-electron chi connectivity index (χ1n) is 9.59. The molecule has 0 aliphatic carbocycles. The molecule has 4 aromatic rings. The van der Waals surface area contributed by atoms with Gasteiger partial charge in [-0.25, -0.2) is 18.4 Å². The standard InChI is InChI=1S/C22H22N4O3S2/c1-22(2,3)15-10-8-14(9-11-15)16-13-30-20(23-16)25-19(27)18-17-7-5-6-12-26(17)21(24-18)31(4,28)29/h5-13H,1-4H3,(H,23,25,27). The molecule has 3 heterocycles. The highest BCUT2D eigenvalue weighted by Gasteiger charge is 2.23. The van der Waals surface area contributed by atoms with Gasteiger partial charge in [-0.3, -0.25) is 14.5 Å². The summed E-state index contributed by atoms with van der Waals surface area (Å²) in [6.45, 7) is 6.48. The fraction of sp³-hybridized carbons (Fsp3) is 0.227. The number of anilines is 1. The Hall–Kier alpha value is -3.04. The van der Waals surface area contributed by atoms with Gasteiger partial charge in [0.05, 0.1) is 11.2 Å². The monoisotopic (exact) mass is 454 g/mol. The Morgan fingerprint density at radius 3 is 2.42 bits per heavy atom. The number of pyridine rings is 1. The van der Waals surface area contributed by atoms with Crippen molar-refractivity contribution < 1.29 is 13.2 Å². The summed E-state index contributed by atoms with van der Waals surface area (Å²) >= 11 is 1.30. The molecule has 3 aromatic heterocycles. The summed E-state index contributed by atoms with van der Waals surface area (Å²) < 4.78 is 25.5. The van der Waals surface area contributed by atoms with Crippen molar-refractivity contribution in [3.8, 4) is 11.3 Å². The third-order valence-corrected chi connectivity index (χ3v) is 6.54. The van der Waals surface area contributed by atoms with E-state index in [0.29, 0.717) is 10.6 Å². The summed E-state index contributed by atoms with van der Waals surface area (Å²) in [6.07, 6.45) is 2.63. The van der Waals surface area contributed by atoms with Gasteiger partial charge in [-0.2, -0.15) is 0 Å². The van der Waals surface area contributed by atoms with E-state index >= 15 is 0 Å². The van der Waals surface area contributed by atoms with Gasteiger partial charge >= 0.3 is 0 Å². The molecule has 0 atom stereocenters. The molecule has 31 heavy (non-hydrogen) atoms. The second kappa shape index (κ2) is 7.58. The first-order valence-corrected chi connectivity index (χ1v) is 12.4. The van der Waals surface area contributed by atoms with Crippen molar-refractivity contribution in [3.63, 3.8) is 0 Å². The maximum Gasteiger partial charge on any atom is 0.278 e. The minimum Gasteiger partial charge on any atom is -0.296 e. The fourth-order valence-electron chi connectivity index (χ4n) is 3.20. The summed E-state index contributed by atoms with van der Waals surface area (Å²) in [6, 6.07) is 13.3. The van der Waals surface area contributed by atoms with Crippen LogP contribution in [0.1, 0.15) is 36.8 Å². The van der Waals surface area contributed by atoms with Crippen molar-refractivity contribution in [2.45, 2.75) is 31.3 Å². The van der Waals surface area contributed by atoms with E-state index in [1.54, 1.807) is 24.4 Å². The summed E-state index contributed by atoms with van der Waals surface area (Å²) in [4.78, 5) is 21.5. The average molecular weight is 455 g/mol.